The quantitative estimate of drug-likeness (QED) is 0.200. The number of esters is 2. The molecule has 0 amide bonds. The average Bonchev–Trinajstić information content (AvgIpc) is 2.53. The van der Waals surface area contributed by atoms with Gasteiger partial charge in [0.25, 0.3) is 0 Å². The summed E-state index contributed by atoms with van der Waals surface area (Å²) < 4.78 is 4.48. The molecule has 0 saturated carbocycles. The van der Waals surface area contributed by atoms with Crippen molar-refractivity contribution in [2.45, 2.75) is 91.4 Å². The highest BCUT2D eigenvalue weighted by molar-refractivity contribution is 6.35. The minimum Gasteiger partial charge on any atom is -0.481 e. The average molecular weight is 360 g/mol. The van der Waals surface area contributed by atoms with Crippen LogP contribution in [-0.2, 0) is 19.1 Å². The molecule has 0 radical (unpaired) electrons. The first-order valence-corrected chi connectivity index (χ1v) is 8.87. The second-order valence-corrected chi connectivity index (χ2v) is 5.71. The molecule has 0 fully saturated rings. The number of hydrogen-bond donors (Lipinski definition) is 3. The number of ether oxygens (including phenoxy) is 1. The maximum Gasteiger partial charge on any atom is 0.359 e. The molecular formula is C18H36N2O5. The summed E-state index contributed by atoms with van der Waals surface area (Å²) in [5.74, 6) is -2.09. The lowest BCUT2D eigenvalue weighted by atomic mass is 10.1. The fourth-order valence-corrected chi connectivity index (χ4v) is 1.81. The minimum absolute atomic E-state index is 0. The van der Waals surface area contributed by atoms with E-state index in [0.717, 1.165) is 19.3 Å². The van der Waals surface area contributed by atoms with Gasteiger partial charge in [-0.1, -0.05) is 65.2 Å². The molecule has 5 N–H and O–H groups in total. The van der Waals surface area contributed by atoms with Gasteiger partial charge >= 0.3 is 17.9 Å². The van der Waals surface area contributed by atoms with Crippen LogP contribution in [0.5, 0.6) is 0 Å². The van der Waals surface area contributed by atoms with E-state index in [1.54, 1.807) is 6.92 Å². The number of carbonyl (C=O) groups is 3. The Bertz CT molecular complexity index is 384. The highest BCUT2D eigenvalue weighted by Crippen LogP contribution is 2.10. The third-order valence-corrected chi connectivity index (χ3v) is 3.30. The Morgan fingerprint density at radius 3 is 1.64 bits per heavy atom. The van der Waals surface area contributed by atoms with Crippen molar-refractivity contribution in [1.82, 2.24) is 6.15 Å². The highest BCUT2D eigenvalue weighted by Gasteiger charge is 2.11. The first-order chi connectivity index (χ1) is 11.3. The fourth-order valence-electron chi connectivity index (χ4n) is 1.81. The van der Waals surface area contributed by atoms with Crippen molar-refractivity contribution >= 4 is 23.6 Å². The summed E-state index contributed by atoms with van der Waals surface area (Å²) in [6.07, 6.45) is 11.1. The lowest BCUT2D eigenvalue weighted by molar-refractivity contribution is -0.155. The van der Waals surface area contributed by atoms with Crippen LogP contribution in [0.3, 0.4) is 0 Å². The number of carboxylic acids is 1. The maximum atomic E-state index is 11.2. The number of unbranched alkanes of at least 4 members (excludes halogenated alkanes) is 8. The topological polar surface area (TPSA) is 140 Å². The standard InChI is InChI=1S/C15H27NO3.C3H6O2.H3N/c1-3-4-5-6-7-8-9-10-11-12-14(17)19-15(18)13(2)16;1-2-3(4)5;/h16H,3-12H2,1-2H3;2H2,1H3,(H,4,5);1H3. The maximum absolute atomic E-state index is 11.2. The van der Waals surface area contributed by atoms with Gasteiger partial charge in [0.1, 0.15) is 5.71 Å². The van der Waals surface area contributed by atoms with Gasteiger partial charge in [-0.15, -0.1) is 0 Å². The van der Waals surface area contributed by atoms with Gasteiger partial charge in [0.05, 0.1) is 0 Å². The van der Waals surface area contributed by atoms with E-state index in [4.69, 9.17) is 10.5 Å². The van der Waals surface area contributed by atoms with Crippen LogP contribution in [0.25, 0.3) is 0 Å². The number of carbonyl (C=O) groups excluding carboxylic acids is 2. The van der Waals surface area contributed by atoms with E-state index >= 15 is 0 Å². The Labute approximate surface area is 151 Å². The van der Waals surface area contributed by atoms with Crippen LogP contribution in [0.15, 0.2) is 0 Å². The van der Waals surface area contributed by atoms with E-state index in [1.807, 2.05) is 0 Å². The van der Waals surface area contributed by atoms with Gasteiger partial charge in [0.2, 0.25) is 0 Å². The van der Waals surface area contributed by atoms with Gasteiger partial charge in [0.15, 0.2) is 0 Å². The number of carboxylic acid groups (broad SMARTS) is 1. The lowest BCUT2D eigenvalue weighted by Gasteiger charge is -2.02. The predicted molar refractivity (Wildman–Crippen MR) is 99.3 cm³/mol. The van der Waals surface area contributed by atoms with Gasteiger partial charge in [-0.3, -0.25) is 15.0 Å². The van der Waals surface area contributed by atoms with Crippen molar-refractivity contribution in [3.8, 4) is 0 Å². The zero-order valence-corrected chi connectivity index (χ0v) is 16.1. The lowest BCUT2D eigenvalue weighted by Crippen LogP contribution is -2.17. The summed E-state index contributed by atoms with van der Waals surface area (Å²) in [5.41, 5.74) is -0.236. The molecule has 0 rings (SSSR count). The molecular weight excluding hydrogens is 324 g/mol. The van der Waals surface area contributed by atoms with Crippen LogP contribution in [0, 0.1) is 5.41 Å². The second-order valence-electron chi connectivity index (χ2n) is 5.71. The van der Waals surface area contributed by atoms with Crippen molar-refractivity contribution in [3.63, 3.8) is 0 Å². The Kier molecular flexibility index (Phi) is 22.8. The summed E-state index contributed by atoms with van der Waals surface area (Å²) in [5, 5.41) is 14.7. The molecule has 0 aromatic carbocycles. The Morgan fingerprint density at radius 2 is 1.28 bits per heavy atom. The summed E-state index contributed by atoms with van der Waals surface area (Å²) >= 11 is 0. The number of aliphatic carboxylic acids is 1. The summed E-state index contributed by atoms with van der Waals surface area (Å²) in [6, 6.07) is 0. The van der Waals surface area contributed by atoms with Crippen molar-refractivity contribution < 1.29 is 24.2 Å². The third-order valence-electron chi connectivity index (χ3n) is 3.30. The molecule has 148 valence electrons. The van der Waals surface area contributed by atoms with Crippen molar-refractivity contribution in [2.24, 2.45) is 0 Å². The first kappa shape index (κ1) is 28.1. The second kappa shape index (κ2) is 20.3. The molecule has 0 aliphatic carbocycles. The van der Waals surface area contributed by atoms with Crippen LogP contribution in [-0.4, -0.2) is 28.7 Å². The zero-order chi connectivity index (χ0) is 18.8. The van der Waals surface area contributed by atoms with Crippen molar-refractivity contribution in [3.05, 3.63) is 0 Å². The summed E-state index contributed by atoms with van der Waals surface area (Å²) in [7, 11) is 0. The van der Waals surface area contributed by atoms with E-state index in [1.165, 1.54) is 45.4 Å². The van der Waals surface area contributed by atoms with E-state index in [-0.39, 0.29) is 24.7 Å². The van der Waals surface area contributed by atoms with Gasteiger partial charge < -0.3 is 16.0 Å². The van der Waals surface area contributed by atoms with Crippen LogP contribution in [0.4, 0.5) is 0 Å². The molecule has 0 aromatic heterocycles. The Balaban J connectivity index is -0.000000704. The van der Waals surface area contributed by atoms with Crippen molar-refractivity contribution in [1.29, 1.82) is 5.41 Å². The molecule has 0 aromatic rings. The monoisotopic (exact) mass is 360 g/mol. The normalized spacial score (nSPS) is 9.24. The molecule has 7 nitrogen and oxygen atoms in total. The van der Waals surface area contributed by atoms with Gasteiger partial charge in [-0.2, -0.15) is 0 Å². The highest BCUT2D eigenvalue weighted by atomic mass is 16.6. The van der Waals surface area contributed by atoms with E-state index in [9.17, 15) is 14.4 Å². The molecule has 0 atom stereocenters. The molecule has 0 saturated heterocycles. The van der Waals surface area contributed by atoms with Crippen LogP contribution >= 0.6 is 0 Å². The van der Waals surface area contributed by atoms with E-state index in [0.29, 0.717) is 0 Å². The molecule has 0 bridgehead atoms. The predicted octanol–water partition coefficient (Wildman–Crippen LogP) is 4.66. The molecule has 0 heterocycles. The molecule has 0 aliphatic rings. The van der Waals surface area contributed by atoms with Gasteiger partial charge in [0, 0.05) is 12.8 Å². The smallest absolute Gasteiger partial charge is 0.359 e. The third kappa shape index (κ3) is 24.6. The SMILES string of the molecule is CCC(=O)O.CCCCCCCCCCCC(=O)OC(=O)C(C)=N.N. The molecule has 0 aliphatic heterocycles. The van der Waals surface area contributed by atoms with Crippen LogP contribution in [0.1, 0.15) is 91.4 Å². The number of hydrogen-bond acceptors (Lipinski definition) is 6. The Hall–Kier alpha value is -1.76. The summed E-state index contributed by atoms with van der Waals surface area (Å²) in [4.78, 5) is 31.5. The number of rotatable bonds is 12. The van der Waals surface area contributed by atoms with Crippen molar-refractivity contribution in [2.75, 3.05) is 0 Å². The molecule has 7 heteroatoms. The first-order valence-electron chi connectivity index (χ1n) is 8.87. The van der Waals surface area contributed by atoms with E-state index < -0.39 is 17.9 Å². The minimum atomic E-state index is -0.832. The van der Waals surface area contributed by atoms with Crippen LogP contribution < -0.4 is 6.15 Å². The molecule has 0 unspecified atom stereocenters. The van der Waals surface area contributed by atoms with Gasteiger partial charge in [-0.25, -0.2) is 4.79 Å². The van der Waals surface area contributed by atoms with E-state index in [2.05, 4.69) is 11.7 Å². The van der Waals surface area contributed by atoms with Gasteiger partial charge in [-0.05, 0) is 13.3 Å². The zero-order valence-electron chi connectivity index (χ0n) is 16.1. The Morgan fingerprint density at radius 1 is 0.880 bits per heavy atom. The fraction of sp³-hybridized carbons (Fsp3) is 0.778. The summed E-state index contributed by atoms with van der Waals surface area (Å²) in [6.45, 7) is 5.13. The molecule has 0 spiro atoms. The largest absolute Gasteiger partial charge is 0.481 e. The van der Waals surface area contributed by atoms with Crippen LogP contribution in [0.2, 0.25) is 0 Å². The number of nitrogens with one attached hydrogen (secondary N) is 1. The molecule has 25 heavy (non-hydrogen) atoms.